The van der Waals surface area contributed by atoms with Crippen molar-refractivity contribution in [3.8, 4) is 22.8 Å². The molecule has 37 heavy (non-hydrogen) atoms. The molecule has 0 bridgehead atoms. The van der Waals surface area contributed by atoms with E-state index >= 15 is 0 Å². The van der Waals surface area contributed by atoms with Gasteiger partial charge in [0, 0.05) is 29.2 Å². The van der Waals surface area contributed by atoms with Gasteiger partial charge in [-0.3, -0.25) is 14.3 Å². The summed E-state index contributed by atoms with van der Waals surface area (Å²) < 4.78 is 7.43. The second-order valence-corrected chi connectivity index (χ2v) is 9.14. The Bertz CT molecular complexity index is 1570. The van der Waals surface area contributed by atoms with Crippen LogP contribution in [-0.2, 0) is 4.79 Å². The minimum absolute atomic E-state index is 0.115. The van der Waals surface area contributed by atoms with Crippen molar-refractivity contribution in [2.75, 3.05) is 12.9 Å². The molecule has 0 unspecified atom stereocenters. The minimum atomic E-state index is -0.260. The van der Waals surface area contributed by atoms with E-state index in [1.165, 1.54) is 11.8 Å². The fourth-order valence-corrected chi connectivity index (χ4v) is 4.64. The number of carbonyl (C=O) groups is 1. The van der Waals surface area contributed by atoms with Gasteiger partial charge in [-0.15, -0.1) is 10.2 Å². The largest absolute Gasteiger partial charge is 0.496 e. The van der Waals surface area contributed by atoms with Crippen LogP contribution in [0.1, 0.15) is 11.1 Å². The van der Waals surface area contributed by atoms with Crippen molar-refractivity contribution in [2.24, 2.45) is 5.10 Å². The standard InChI is InChI=1S/C28H24N6O2S/c1-19-7-10-22(11-8-19)34-27(21-13-15-29-16-14-21)32-33-28(34)37-18-26(35)31-30-17-24-23-6-4-3-5-20(23)9-12-25(24)36-2/h3-17H,18H2,1-2H3,(H,31,35)/b30-17-. The molecule has 8 nitrogen and oxygen atoms in total. The van der Waals surface area contributed by atoms with Crippen LogP contribution < -0.4 is 10.2 Å². The first-order valence-electron chi connectivity index (χ1n) is 11.6. The number of benzene rings is 3. The number of pyridine rings is 1. The van der Waals surface area contributed by atoms with E-state index in [9.17, 15) is 4.79 Å². The number of ether oxygens (including phenoxy) is 1. The lowest BCUT2D eigenvalue weighted by atomic mass is 10.0. The Balaban J connectivity index is 1.33. The van der Waals surface area contributed by atoms with Crippen LogP contribution in [0.5, 0.6) is 5.75 Å². The maximum Gasteiger partial charge on any atom is 0.250 e. The summed E-state index contributed by atoms with van der Waals surface area (Å²) in [5.74, 6) is 1.21. The van der Waals surface area contributed by atoms with E-state index < -0.39 is 0 Å². The van der Waals surface area contributed by atoms with Crippen molar-refractivity contribution in [1.29, 1.82) is 0 Å². The summed E-state index contributed by atoms with van der Waals surface area (Å²) in [6.45, 7) is 2.04. The molecule has 0 saturated heterocycles. The van der Waals surface area contributed by atoms with Crippen molar-refractivity contribution in [3.63, 3.8) is 0 Å². The summed E-state index contributed by atoms with van der Waals surface area (Å²) in [6.07, 6.45) is 5.04. The molecule has 5 rings (SSSR count). The van der Waals surface area contributed by atoms with Crippen LogP contribution in [0.4, 0.5) is 0 Å². The van der Waals surface area contributed by atoms with Gasteiger partial charge in [-0.1, -0.05) is 59.8 Å². The van der Waals surface area contributed by atoms with Gasteiger partial charge in [-0.25, -0.2) is 5.43 Å². The second kappa shape index (κ2) is 11.0. The number of methoxy groups -OCH3 is 1. The van der Waals surface area contributed by atoms with E-state index in [1.54, 1.807) is 25.7 Å². The van der Waals surface area contributed by atoms with Gasteiger partial charge in [-0.2, -0.15) is 5.10 Å². The minimum Gasteiger partial charge on any atom is -0.496 e. The fraction of sp³-hybridized carbons (Fsp3) is 0.107. The molecule has 2 heterocycles. The number of hydrogen-bond acceptors (Lipinski definition) is 7. The summed E-state index contributed by atoms with van der Waals surface area (Å²) >= 11 is 1.29. The zero-order valence-corrected chi connectivity index (χ0v) is 21.1. The second-order valence-electron chi connectivity index (χ2n) is 8.20. The summed E-state index contributed by atoms with van der Waals surface area (Å²) in [4.78, 5) is 16.7. The number of hydrazone groups is 1. The first-order chi connectivity index (χ1) is 18.1. The van der Waals surface area contributed by atoms with Crippen LogP contribution in [0.25, 0.3) is 27.8 Å². The lowest BCUT2D eigenvalue weighted by Crippen LogP contribution is -2.20. The number of nitrogens with one attached hydrogen (secondary N) is 1. The van der Waals surface area contributed by atoms with Crippen LogP contribution in [0, 0.1) is 6.92 Å². The molecule has 0 aliphatic carbocycles. The quantitative estimate of drug-likeness (QED) is 0.179. The number of carbonyl (C=O) groups excluding carboxylic acids is 1. The zero-order valence-electron chi connectivity index (χ0n) is 20.3. The highest BCUT2D eigenvalue weighted by molar-refractivity contribution is 7.99. The van der Waals surface area contributed by atoms with Gasteiger partial charge >= 0.3 is 0 Å². The molecule has 3 aromatic carbocycles. The van der Waals surface area contributed by atoms with Gasteiger partial charge in [0.2, 0.25) is 0 Å². The van der Waals surface area contributed by atoms with Gasteiger partial charge in [0.25, 0.3) is 5.91 Å². The SMILES string of the molecule is COc1ccc2ccccc2c1/C=N\NC(=O)CSc1nnc(-c2ccncc2)n1-c1ccc(C)cc1. The summed E-state index contributed by atoms with van der Waals surface area (Å²) in [5, 5.41) is 15.6. The Morgan fingerprint density at radius 2 is 1.81 bits per heavy atom. The Morgan fingerprint density at radius 3 is 2.59 bits per heavy atom. The monoisotopic (exact) mass is 508 g/mol. The summed E-state index contributed by atoms with van der Waals surface area (Å²) in [6, 6.07) is 23.7. The highest BCUT2D eigenvalue weighted by Gasteiger charge is 2.17. The van der Waals surface area contributed by atoms with Crippen molar-refractivity contribution in [3.05, 3.63) is 96.3 Å². The van der Waals surface area contributed by atoms with E-state index in [-0.39, 0.29) is 11.7 Å². The maximum atomic E-state index is 12.7. The van der Waals surface area contributed by atoms with E-state index in [2.05, 4.69) is 25.7 Å². The molecule has 0 radical (unpaired) electrons. The summed E-state index contributed by atoms with van der Waals surface area (Å²) in [5.41, 5.74) is 6.35. The third kappa shape index (κ3) is 5.36. The molecule has 9 heteroatoms. The molecule has 0 aliphatic rings. The smallest absolute Gasteiger partial charge is 0.250 e. The number of thioether (sulfide) groups is 1. The van der Waals surface area contributed by atoms with Crippen molar-refractivity contribution in [1.82, 2.24) is 25.2 Å². The Labute approximate surface area is 218 Å². The first kappa shape index (κ1) is 24.2. The summed E-state index contributed by atoms with van der Waals surface area (Å²) in [7, 11) is 1.61. The number of aromatic nitrogens is 4. The van der Waals surface area contributed by atoms with E-state index in [0.29, 0.717) is 16.7 Å². The van der Waals surface area contributed by atoms with Crippen LogP contribution in [0.3, 0.4) is 0 Å². The topological polar surface area (TPSA) is 94.3 Å². The molecule has 184 valence electrons. The Hall–Kier alpha value is -4.50. The van der Waals surface area contributed by atoms with Crippen LogP contribution in [0.2, 0.25) is 0 Å². The number of amides is 1. The normalized spacial score (nSPS) is 11.2. The molecule has 0 saturated carbocycles. The maximum absolute atomic E-state index is 12.7. The predicted molar refractivity (Wildman–Crippen MR) is 146 cm³/mol. The molecule has 1 amide bonds. The van der Waals surface area contributed by atoms with Gasteiger partial charge in [-0.05, 0) is 48.0 Å². The predicted octanol–water partition coefficient (Wildman–Crippen LogP) is 5.04. The van der Waals surface area contributed by atoms with Crippen LogP contribution >= 0.6 is 11.8 Å². The number of hydrogen-bond donors (Lipinski definition) is 1. The zero-order chi connectivity index (χ0) is 25.6. The Morgan fingerprint density at radius 1 is 1.03 bits per heavy atom. The third-order valence-electron chi connectivity index (χ3n) is 5.73. The molecular formula is C28H24N6O2S. The number of rotatable bonds is 8. The number of nitrogens with zero attached hydrogens (tertiary/aromatic N) is 5. The average Bonchev–Trinajstić information content (AvgIpc) is 3.37. The highest BCUT2D eigenvalue weighted by Crippen LogP contribution is 2.28. The third-order valence-corrected chi connectivity index (χ3v) is 6.66. The van der Waals surface area contributed by atoms with E-state index in [1.807, 2.05) is 84.3 Å². The average molecular weight is 509 g/mol. The molecule has 5 aromatic rings. The van der Waals surface area contributed by atoms with Gasteiger partial charge in [0.1, 0.15) is 5.75 Å². The molecule has 0 fully saturated rings. The first-order valence-corrected chi connectivity index (χ1v) is 12.6. The van der Waals surface area contributed by atoms with E-state index in [0.717, 1.165) is 33.2 Å². The molecule has 1 N–H and O–H groups in total. The lowest BCUT2D eigenvalue weighted by Gasteiger charge is -2.10. The lowest BCUT2D eigenvalue weighted by molar-refractivity contribution is -0.118. The van der Waals surface area contributed by atoms with Crippen molar-refractivity contribution >= 4 is 34.7 Å². The molecule has 2 aromatic heterocycles. The molecular weight excluding hydrogens is 484 g/mol. The van der Waals surface area contributed by atoms with Gasteiger partial charge < -0.3 is 4.74 Å². The molecule has 0 spiro atoms. The number of aryl methyl sites for hydroxylation is 1. The van der Waals surface area contributed by atoms with Crippen LogP contribution in [-0.4, -0.2) is 44.7 Å². The molecule has 0 aliphatic heterocycles. The van der Waals surface area contributed by atoms with Crippen LogP contribution in [0.15, 0.2) is 95.4 Å². The Kier molecular flexibility index (Phi) is 7.23. The van der Waals surface area contributed by atoms with Gasteiger partial charge in [0.15, 0.2) is 11.0 Å². The number of fused-ring (bicyclic) bond motifs is 1. The van der Waals surface area contributed by atoms with Crippen molar-refractivity contribution in [2.45, 2.75) is 12.1 Å². The highest BCUT2D eigenvalue weighted by atomic mass is 32.2. The van der Waals surface area contributed by atoms with Gasteiger partial charge in [0.05, 0.1) is 19.1 Å². The molecule has 0 atom stereocenters. The van der Waals surface area contributed by atoms with Crippen molar-refractivity contribution < 1.29 is 9.53 Å². The van der Waals surface area contributed by atoms with E-state index in [4.69, 9.17) is 4.74 Å². The fourth-order valence-electron chi connectivity index (χ4n) is 3.90.